The number of carboxylic acids is 1. The summed E-state index contributed by atoms with van der Waals surface area (Å²) in [6, 6.07) is 8.11. The molecule has 23 heavy (non-hydrogen) atoms. The molecule has 0 aliphatic carbocycles. The van der Waals surface area contributed by atoms with Crippen LogP contribution in [0.25, 0.3) is 6.08 Å². The molecule has 116 valence electrons. The largest absolute Gasteiger partial charge is 0.478 e. The Kier molecular flexibility index (Phi) is 4.34. The van der Waals surface area contributed by atoms with Gasteiger partial charge in [-0.25, -0.2) is 4.79 Å². The van der Waals surface area contributed by atoms with Gasteiger partial charge in [-0.3, -0.25) is 9.69 Å². The molecule has 0 atom stereocenters. The SMILES string of the molecule is Cc1ccsc1/C=C1\SC(=S)N(c2ccc(C(=O)O)cc2)C1=O. The molecule has 1 aliphatic heterocycles. The Hall–Kier alpha value is -1.96. The van der Waals surface area contributed by atoms with Gasteiger partial charge in [0.05, 0.1) is 16.2 Å². The lowest BCUT2D eigenvalue weighted by Gasteiger charge is -2.14. The number of carbonyl (C=O) groups is 2. The fourth-order valence-corrected chi connectivity index (χ4v) is 4.31. The second-order valence-electron chi connectivity index (χ2n) is 4.84. The van der Waals surface area contributed by atoms with Crippen molar-refractivity contribution in [2.75, 3.05) is 4.90 Å². The molecule has 0 unspecified atom stereocenters. The first-order chi connectivity index (χ1) is 11.0. The van der Waals surface area contributed by atoms with E-state index in [1.165, 1.54) is 28.8 Å². The Labute approximate surface area is 146 Å². The average Bonchev–Trinajstić information content (AvgIpc) is 3.04. The number of carbonyl (C=O) groups excluding carboxylic acids is 1. The smallest absolute Gasteiger partial charge is 0.335 e. The number of anilines is 1. The first-order valence-corrected chi connectivity index (χ1v) is 8.73. The second kappa shape index (κ2) is 6.27. The number of hydrogen-bond donors (Lipinski definition) is 1. The van der Waals surface area contributed by atoms with Crippen LogP contribution in [0.15, 0.2) is 40.6 Å². The van der Waals surface area contributed by atoms with E-state index in [4.69, 9.17) is 17.3 Å². The zero-order valence-corrected chi connectivity index (χ0v) is 14.4. The van der Waals surface area contributed by atoms with E-state index >= 15 is 0 Å². The van der Waals surface area contributed by atoms with Gasteiger partial charge in [-0.1, -0.05) is 24.0 Å². The number of thiophene rings is 1. The predicted octanol–water partition coefficient (Wildman–Crippen LogP) is 4.16. The number of thioether (sulfide) groups is 1. The minimum Gasteiger partial charge on any atom is -0.478 e. The lowest BCUT2D eigenvalue weighted by atomic mass is 10.2. The van der Waals surface area contributed by atoms with Crippen LogP contribution in [0.3, 0.4) is 0 Å². The molecular weight excluding hydrogens is 350 g/mol. The Bertz CT molecular complexity index is 837. The molecule has 1 amide bonds. The van der Waals surface area contributed by atoms with Crippen molar-refractivity contribution >= 4 is 63.3 Å². The van der Waals surface area contributed by atoms with Crippen molar-refractivity contribution in [3.05, 3.63) is 56.6 Å². The molecule has 1 aromatic heterocycles. The zero-order chi connectivity index (χ0) is 16.6. The third-order valence-electron chi connectivity index (χ3n) is 3.33. The fraction of sp³-hybridized carbons (Fsp3) is 0.0625. The highest BCUT2D eigenvalue weighted by Gasteiger charge is 2.33. The first kappa shape index (κ1) is 15.9. The average molecular weight is 361 g/mol. The van der Waals surface area contributed by atoms with Crippen LogP contribution >= 0.6 is 35.3 Å². The molecule has 1 saturated heterocycles. The van der Waals surface area contributed by atoms with Gasteiger partial charge in [0.25, 0.3) is 5.91 Å². The number of hydrogen-bond acceptors (Lipinski definition) is 5. The molecule has 2 aromatic rings. The number of thiocarbonyl (C=S) groups is 1. The molecule has 3 rings (SSSR count). The third-order valence-corrected chi connectivity index (χ3v) is 5.60. The highest BCUT2D eigenvalue weighted by molar-refractivity contribution is 8.27. The summed E-state index contributed by atoms with van der Waals surface area (Å²) >= 11 is 8.13. The molecule has 1 aliphatic rings. The lowest BCUT2D eigenvalue weighted by molar-refractivity contribution is -0.113. The van der Waals surface area contributed by atoms with Crippen molar-refractivity contribution < 1.29 is 14.7 Å². The van der Waals surface area contributed by atoms with Crippen molar-refractivity contribution in [3.63, 3.8) is 0 Å². The number of carboxylic acid groups (broad SMARTS) is 1. The van der Waals surface area contributed by atoms with Gasteiger partial charge >= 0.3 is 5.97 Å². The van der Waals surface area contributed by atoms with Crippen LogP contribution in [0.1, 0.15) is 20.8 Å². The van der Waals surface area contributed by atoms with E-state index in [0.717, 1.165) is 10.4 Å². The van der Waals surface area contributed by atoms with Gasteiger partial charge < -0.3 is 5.11 Å². The third kappa shape index (κ3) is 3.08. The summed E-state index contributed by atoms with van der Waals surface area (Å²) in [7, 11) is 0. The monoisotopic (exact) mass is 361 g/mol. The molecule has 2 heterocycles. The number of rotatable bonds is 3. The minimum absolute atomic E-state index is 0.170. The van der Waals surface area contributed by atoms with E-state index in [-0.39, 0.29) is 11.5 Å². The van der Waals surface area contributed by atoms with Gasteiger partial charge in [-0.2, -0.15) is 0 Å². The maximum atomic E-state index is 12.6. The number of amides is 1. The molecule has 1 fully saturated rings. The van der Waals surface area contributed by atoms with Crippen LogP contribution in [0.4, 0.5) is 5.69 Å². The molecule has 0 radical (unpaired) electrons. The quantitative estimate of drug-likeness (QED) is 0.657. The second-order valence-corrected chi connectivity index (χ2v) is 7.46. The molecule has 0 bridgehead atoms. The summed E-state index contributed by atoms with van der Waals surface area (Å²) in [5, 5.41) is 10.9. The van der Waals surface area contributed by atoms with Crippen molar-refractivity contribution in [2.24, 2.45) is 0 Å². The van der Waals surface area contributed by atoms with Gasteiger partial charge in [-0.05, 0) is 54.3 Å². The van der Waals surface area contributed by atoms with Gasteiger partial charge in [0.15, 0.2) is 4.32 Å². The van der Waals surface area contributed by atoms with E-state index in [1.54, 1.807) is 23.5 Å². The Morgan fingerprint density at radius 1 is 1.26 bits per heavy atom. The maximum Gasteiger partial charge on any atom is 0.335 e. The van der Waals surface area contributed by atoms with Crippen LogP contribution < -0.4 is 4.90 Å². The zero-order valence-electron chi connectivity index (χ0n) is 12.0. The Morgan fingerprint density at radius 3 is 2.52 bits per heavy atom. The number of aryl methyl sites for hydroxylation is 1. The molecule has 1 N–H and O–H groups in total. The molecule has 1 aromatic carbocycles. The predicted molar refractivity (Wildman–Crippen MR) is 98.1 cm³/mol. The first-order valence-electron chi connectivity index (χ1n) is 6.63. The molecule has 4 nitrogen and oxygen atoms in total. The normalized spacial score (nSPS) is 16.4. The van der Waals surface area contributed by atoms with Crippen molar-refractivity contribution in [2.45, 2.75) is 6.92 Å². The van der Waals surface area contributed by atoms with Crippen LogP contribution in [0.2, 0.25) is 0 Å². The number of nitrogens with zero attached hydrogens (tertiary/aromatic N) is 1. The van der Waals surface area contributed by atoms with Gasteiger partial charge in [-0.15, -0.1) is 11.3 Å². The lowest BCUT2D eigenvalue weighted by Crippen LogP contribution is -2.27. The maximum absolute atomic E-state index is 12.6. The number of benzene rings is 1. The highest BCUT2D eigenvalue weighted by Crippen LogP contribution is 2.37. The van der Waals surface area contributed by atoms with E-state index < -0.39 is 5.97 Å². The van der Waals surface area contributed by atoms with Gasteiger partial charge in [0.1, 0.15) is 0 Å². The Balaban J connectivity index is 1.91. The van der Waals surface area contributed by atoms with E-state index in [2.05, 4.69) is 0 Å². The van der Waals surface area contributed by atoms with E-state index in [0.29, 0.717) is 14.9 Å². The van der Waals surface area contributed by atoms with Crippen molar-refractivity contribution in [1.29, 1.82) is 0 Å². The van der Waals surface area contributed by atoms with Crippen LogP contribution in [0, 0.1) is 6.92 Å². The van der Waals surface area contributed by atoms with E-state index in [9.17, 15) is 9.59 Å². The summed E-state index contributed by atoms with van der Waals surface area (Å²) < 4.78 is 0.443. The fourth-order valence-electron chi connectivity index (χ4n) is 2.09. The topological polar surface area (TPSA) is 57.6 Å². The van der Waals surface area contributed by atoms with Crippen LogP contribution in [-0.2, 0) is 4.79 Å². The van der Waals surface area contributed by atoms with Crippen LogP contribution in [0.5, 0.6) is 0 Å². The standard InChI is InChI=1S/C16H11NO3S3/c1-9-6-7-22-12(9)8-13-14(18)17(16(21)23-13)11-4-2-10(3-5-11)15(19)20/h2-8H,1H3,(H,19,20)/b13-8-. The van der Waals surface area contributed by atoms with E-state index in [1.807, 2.05) is 24.4 Å². The Morgan fingerprint density at radius 2 is 1.96 bits per heavy atom. The summed E-state index contributed by atoms with van der Waals surface area (Å²) in [5.41, 5.74) is 1.86. The minimum atomic E-state index is -1.00. The molecular formula is C16H11NO3S3. The van der Waals surface area contributed by atoms with Crippen LogP contribution in [-0.4, -0.2) is 21.3 Å². The number of aromatic carboxylic acids is 1. The molecule has 0 spiro atoms. The molecule has 0 saturated carbocycles. The van der Waals surface area contributed by atoms with Gasteiger partial charge in [0.2, 0.25) is 0 Å². The van der Waals surface area contributed by atoms with Gasteiger partial charge in [0, 0.05) is 4.88 Å². The van der Waals surface area contributed by atoms with Crippen molar-refractivity contribution in [1.82, 2.24) is 0 Å². The van der Waals surface area contributed by atoms with Crippen molar-refractivity contribution in [3.8, 4) is 0 Å². The summed E-state index contributed by atoms with van der Waals surface area (Å²) in [6.45, 7) is 1.99. The summed E-state index contributed by atoms with van der Waals surface area (Å²) in [5.74, 6) is -1.19. The summed E-state index contributed by atoms with van der Waals surface area (Å²) in [6.07, 6.45) is 1.85. The highest BCUT2D eigenvalue weighted by atomic mass is 32.2. The molecule has 7 heteroatoms. The summed E-state index contributed by atoms with van der Waals surface area (Å²) in [4.78, 5) is 26.6.